The first-order chi connectivity index (χ1) is 12.3. The maximum Gasteiger partial charge on any atom is 0.336 e. The molecule has 1 heterocycles. The van der Waals surface area contributed by atoms with Crippen molar-refractivity contribution in [3.05, 3.63) is 76.1 Å². The minimum Gasteiger partial charge on any atom is -0.423 e. The molecule has 3 aromatic rings. The van der Waals surface area contributed by atoms with Gasteiger partial charge in [-0.1, -0.05) is 38.1 Å². The van der Waals surface area contributed by atoms with Gasteiger partial charge in [0.25, 0.3) is 0 Å². The van der Waals surface area contributed by atoms with Crippen LogP contribution >= 0.6 is 0 Å². The summed E-state index contributed by atoms with van der Waals surface area (Å²) in [6, 6.07) is 15.3. The van der Waals surface area contributed by atoms with Gasteiger partial charge < -0.3 is 4.42 Å². The highest BCUT2D eigenvalue weighted by atomic mass is 32.2. The molecule has 0 aliphatic carbocycles. The van der Waals surface area contributed by atoms with Gasteiger partial charge in [-0.2, -0.15) is 4.31 Å². The standard InChI is InChI=1S/C20H21NO4S/c1-14(2)16-6-4-15(5-7-16)13-21(3)26(23,24)18-9-10-19-17(12-18)8-11-20(22)25-19/h4-12,14H,13H2,1-3H3. The smallest absolute Gasteiger partial charge is 0.336 e. The quantitative estimate of drug-likeness (QED) is 0.641. The Labute approximate surface area is 152 Å². The summed E-state index contributed by atoms with van der Waals surface area (Å²) in [4.78, 5) is 11.4. The van der Waals surface area contributed by atoms with Gasteiger partial charge in [-0.05, 0) is 41.3 Å². The van der Waals surface area contributed by atoms with Crippen LogP contribution in [0.25, 0.3) is 11.0 Å². The molecule has 136 valence electrons. The van der Waals surface area contributed by atoms with Crippen molar-refractivity contribution < 1.29 is 12.8 Å². The number of rotatable bonds is 5. The number of fused-ring (bicyclic) bond motifs is 1. The molecular formula is C20H21NO4S. The van der Waals surface area contributed by atoms with E-state index in [1.807, 2.05) is 24.3 Å². The Bertz CT molecular complexity index is 1080. The molecule has 2 aromatic carbocycles. The summed E-state index contributed by atoms with van der Waals surface area (Å²) in [5, 5.41) is 0.570. The van der Waals surface area contributed by atoms with Crippen LogP contribution in [0.5, 0.6) is 0 Å². The van der Waals surface area contributed by atoms with Gasteiger partial charge in [0.05, 0.1) is 4.90 Å². The second kappa shape index (κ2) is 7.05. The molecule has 0 saturated heterocycles. The highest BCUT2D eigenvalue weighted by Gasteiger charge is 2.21. The Morgan fingerprint density at radius 1 is 1.00 bits per heavy atom. The van der Waals surface area contributed by atoms with Crippen molar-refractivity contribution in [1.82, 2.24) is 4.31 Å². The van der Waals surface area contributed by atoms with Gasteiger partial charge >= 0.3 is 5.63 Å². The van der Waals surface area contributed by atoms with E-state index in [4.69, 9.17) is 4.42 Å². The summed E-state index contributed by atoms with van der Waals surface area (Å²) in [5.41, 5.74) is 2.04. The molecule has 0 amide bonds. The van der Waals surface area contributed by atoms with E-state index >= 15 is 0 Å². The van der Waals surface area contributed by atoms with E-state index in [2.05, 4.69) is 13.8 Å². The van der Waals surface area contributed by atoms with Crippen LogP contribution in [0, 0.1) is 0 Å². The van der Waals surface area contributed by atoms with Gasteiger partial charge in [-0.25, -0.2) is 13.2 Å². The van der Waals surface area contributed by atoms with Gasteiger partial charge in [0.2, 0.25) is 10.0 Å². The Kier molecular flexibility index (Phi) is 4.98. The molecule has 0 aliphatic heterocycles. The highest BCUT2D eigenvalue weighted by molar-refractivity contribution is 7.89. The van der Waals surface area contributed by atoms with Crippen molar-refractivity contribution in [2.24, 2.45) is 0 Å². The van der Waals surface area contributed by atoms with Crippen molar-refractivity contribution in [1.29, 1.82) is 0 Å². The molecule has 0 N–H and O–H groups in total. The van der Waals surface area contributed by atoms with Crippen LogP contribution in [-0.2, 0) is 16.6 Å². The molecule has 1 aromatic heterocycles. The molecule has 0 spiro atoms. The van der Waals surface area contributed by atoms with Crippen LogP contribution in [0.15, 0.2) is 68.7 Å². The molecule has 0 unspecified atom stereocenters. The third kappa shape index (κ3) is 3.71. The Hall–Kier alpha value is -2.44. The number of sulfonamides is 1. The molecule has 6 heteroatoms. The highest BCUT2D eigenvalue weighted by Crippen LogP contribution is 2.22. The van der Waals surface area contributed by atoms with Crippen LogP contribution in [0.1, 0.15) is 30.9 Å². The first-order valence-electron chi connectivity index (χ1n) is 8.36. The summed E-state index contributed by atoms with van der Waals surface area (Å²) in [5.74, 6) is 0.433. The fourth-order valence-corrected chi connectivity index (χ4v) is 3.94. The molecule has 0 bridgehead atoms. The predicted octanol–water partition coefficient (Wildman–Crippen LogP) is 3.74. The summed E-state index contributed by atoms with van der Waals surface area (Å²) >= 11 is 0. The minimum atomic E-state index is -3.65. The zero-order valence-electron chi connectivity index (χ0n) is 15.0. The Morgan fingerprint density at radius 2 is 1.69 bits per heavy atom. The van der Waals surface area contributed by atoms with Gasteiger partial charge in [0.15, 0.2) is 0 Å². The second-order valence-electron chi connectivity index (χ2n) is 6.61. The van der Waals surface area contributed by atoms with Crippen molar-refractivity contribution in [2.45, 2.75) is 31.2 Å². The van der Waals surface area contributed by atoms with E-state index in [1.54, 1.807) is 13.1 Å². The van der Waals surface area contributed by atoms with Crippen LogP contribution in [-0.4, -0.2) is 19.8 Å². The molecule has 3 rings (SSSR count). The first kappa shape index (κ1) is 18.4. The normalized spacial score (nSPS) is 12.2. The molecule has 0 radical (unpaired) electrons. The first-order valence-corrected chi connectivity index (χ1v) is 9.80. The van der Waals surface area contributed by atoms with E-state index < -0.39 is 15.6 Å². The minimum absolute atomic E-state index is 0.167. The average molecular weight is 371 g/mol. The maximum absolute atomic E-state index is 12.9. The third-order valence-electron chi connectivity index (χ3n) is 4.35. The monoisotopic (exact) mass is 371 g/mol. The lowest BCUT2D eigenvalue weighted by atomic mass is 10.0. The molecule has 26 heavy (non-hydrogen) atoms. The van der Waals surface area contributed by atoms with Gasteiger partial charge in [0, 0.05) is 25.0 Å². The summed E-state index contributed by atoms with van der Waals surface area (Å²) < 4.78 is 32.1. The molecule has 0 aliphatic rings. The lowest BCUT2D eigenvalue weighted by Crippen LogP contribution is -2.26. The van der Waals surface area contributed by atoms with Crippen LogP contribution in [0.4, 0.5) is 0 Å². The van der Waals surface area contributed by atoms with E-state index in [1.165, 1.54) is 34.1 Å². The van der Waals surface area contributed by atoms with E-state index in [9.17, 15) is 13.2 Å². The zero-order chi connectivity index (χ0) is 18.9. The Balaban J connectivity index is 1.86. The van der Waals surface area contributed by atoms with Crippen LogP contribution < -0.4 is 5.63 Å². The fourth-order valence-electron chi connectivity index (χ4n) is 2.74. The van der Waals surface area contributed by atoms with Gasteiger partial charge in [0.1, 0.15) is 5.58 Å². The number of nitrogens with zero attached hydrogens (tertiary/aromatic N) is 1. The van der Waals surface area contributed by atoms with Crippen LogP contribution in [0.2, 0.25) is 0 Å². The lowest BCUT2D eigenvalue weighted by Gasteiger charge is -2.18. The van der Waals surface area contributed by atoms with Crippen molar-refractivity contribution >= 4 is 21.0 Å². The molecular weight excluding hydrogens is 350 g/mol. The zero-order valence-corrected chi connectivity index (χ0v) is 15.8. The molecule has 0 fully saturated rings. The van der Waals surface area contributed by atoms with Gasteiger partial charge in [-0.15, -0.1) is 0 Å². The van der Waals surface area contributed by atoms with E-state index in [-0.39, 0.29) is 11.4 Å². The van der Waals surface area contributed by atoms with Crippen molar-refractivity contribution in [3.8, 4) is 0 Å². The largest absolute Gasteiger partial charge is 0.423 e. The summed E-state index contributed by atoms with van der Waals surface area (Å²) in [7, 11) is -2.10. The SMILES string of the molecule is CC(C)c1ccc(CN(C)S(=O)(=O)c2ccc3oc(=O)ccc3c2)cc1. The number of hydrogen-bond donors (Lipinski definition) is 0. The van der Waals surface area contributed by atoms with E-state index in [0.717, 1.165) is 5.56 Å². The summed E-state index contributed by atoms with van der Waals surface area (Å²) in [6.45, 7) is 4.52. The third-order valence-corrected chi connectivity index (χ3v) is 6.15. The molecule has 0 atom stereocenters. The predicted molar refractivity (Wildman–Crippen MR) is 102 cm³/mol. The lowest BCUT2D eigenvalue weighted by molar-refractivity contribution is 0.466. The number of hydrogen-bond acceptors (Lipinski definition) is 4. The second-order valence-corrected chi connectivity index (χ2v) is 8.66. The van der Waals surface area contributed by atoms with Crippen LogP contribution in [0.3, 0.4) is 0 Å². The maximum atomic E-state index is 12.9. The number of benzene rings is 2. The molecule has 5 nitrogen and oxygen atoms in total. The van der Waals surface area contributed by atoms with E-state index in [0.29, 0.717) is 16.9 Å². The van der Waals surface area contributed by atoms with Crippen molar-refractivity contribution in [3.63, 3.8) is 0 Å². The van der Waals surface area contributed by atoms with Gasteiger partial charge in [-0.3, -0.25) is 0 Å². The fraction of sp³-hybridized carbons (Fsp3) is 0.250. The van der Waals surface area contributed by atoms with Crippen molar-refractivity contribution in [2.75, 3.05) is 7.05 Å². The Morgan fingerprint density at radius 3 is 2.35 bits per heavy atom. The average Bonchev–Trinajstić information content (AvgIpc) is 2.61. The molecule has 0 saturated carbocycles. The summed E-state index contributed by atoms with van der Waals surface area (Å²) in [6.07, 6.45) is 0. The topological polar surface area (TPSA) is 67.6 Å².